The first-order valence-electron chi connectivity index (χ1n) is 10.7. The molecule has 0 atom stereocenters. The Bertz CT molecular complexity index is 1090. The number of pyridine rings is 1. The van der Waals surface area contributed by atoms with Gasteiger partial charge in [0.2, 0.25) is 0 Å². The molecule has 1 fully saturated rings. The molecule has 32 heavy (non-hydrogen) atoms. The molecule has 1 aliphatic rings. The van der Waals surface area contributed by atoms with E-state index < -0.39 is 0 Å². The highest BCUT2D eigenvalue weighted by atomic mass is 35.5. The standard InChI is InChI=1S/C24H27Cl2N5O/c1-16-22(18-5-2-6-19(25)21(18)26)30-20(14-32)23(29-16)31-10-7-24(15-27,8-11-31)12-17-4-3-9-28-13-17/h2-6,9,13,32H,7-8,10-12,14-15,27H2,1H3. The zero-order chi connectivity index (χ0) is 22.7. The highest BCUT2D eigenvalue weighted by molar-refractivity contribution is 6.43. The summed E-state index contributed by atoms with van der Waals surface area (Å²) >= 11 is 12.6. The van der Waals surface area contributed by atoms with Crippen LogP contribution in [0.2, 0.25) is 10.0 Å². The van der Waals surface area contributed by atoms with Crippen LogP contribution in [0.3, 0.4) is 0 Å². The molecule has 0 spiro atoms. The lowest BCUT2D eigenvalue weighted by Crippen LogP contribution is -2.45. The molecule has 0 radical (unpaired) electrons. The highest BCUT2D eigenvalue weighted by Crippen LogP contribution is 2.38. The van der Waals surface area contributed by atoms with Crippen LogP contribution in [0.25, 0.3) is 11.3 Å². The van der Waals surface area contributed by atoms with Crippen molar-refractivity contribution in [3.8, 4) is 11.3 Å². The van der Waals surface area contributed by atoms with Gasteiger partial charge in [0.1, 0.15) is 5.69 Å². The number of hydrogen-bond acceptors (Lipinski definition) is 6. The molecule has 0 aliphatic carbocycles. The fraction of sp³-hybridized carbons (Fsp3) is 0.375. The molecule has 1 aromatic carbocycles. The van der Waals surface area contributed by atoms with Crippen molar-refractivity contribution >= 4 is 29.0 Å². The van der Waals surface area contributed by atoms with Crippen molar-refractivity contribution in [3.05, 3.63) is 69.7 Å². The second kappa shape index (κ2) is 9.71. The second-order valence-corrected chi connectivity index (χ2v) is 9.20. The Hall–Kier alpha value is -2.25. The summed E-state index contributed by atoms with van der Waals surface area (Å²) in [5, 5.41) is 11.0. The summed E-state index contributed by atoms with van der Waals surface area (Å²) in [6.45, 7) is 3.92. The topological polar surface area (TPSA) is 88.2 Å². The van der Waals surface area contributed by atoms with E-state index in [4.69, 9.17) is 38.9 Å². The van der Waals surface area contributed by atoms with Crippen LogP contribution in [-0.4, -0.2) is 39.7 Å². The lowest BCUT2D eigenvalue weighted by molar-refractivity contribution is 0.224. The summed E-state index contributed by atoms with van der Waals surface area (Å²) in [5.41, 5.74) is 10.1. The van der Waals surface area contributed by atoms with Crippen LogP contribution >= 0.6 is 23.2 Å². The van der Waals surface area contributed by atoms with Gasteiger partial charge in [0.25, 0.3) is 0 Å². The van der Waals surface area contributed by atoms with E-state index in [1.165, 1.54) is 5.56 Å². The van der Waals surface area contributed by atoms with E-state index in [-0.39, 0.29) is 12.0 Å². The van der Waals surface area contributed by atoms with Gasteiger partial charge < -0.3 is 15.7 Å². The van der Waals surface area contributed by atoms with Gasteiger partial charge in [0.05, 0.1) is 28.0 Å². The predicted molar refractivity (Wildman–Crippen MR) is 129 cm³/mol. The molecule has 6 nitrogen and oxygen atoms in total. The molecule has 3 heterocycles. The molecule has 1 aliphatic heterocycles. The summed E-state index contributed by atoms with van der Waals surface area (Å²) in [5.74, 6) is 0.721. The molecule has 3 aromatic rings. The third-order valence-electron chi connectivity index (χ3n) is 6.34. The molecule has 168 valence electrons. The fourth-order valence-corrected chi connectivity index (χ4v) is 4.81. The summed E-state index contributed by atoms with van der Waals surface area (Å²) in [6.07, 6.45) is 6.49. The average molecular weight is 472 g/mol. The van der Waals surface area contributed by atoms with E-state index in [0.717, 1.165) is 43.9 Å². The Morgan fingerprint density at radius 3 is 2.56 bits per heavy atom. The van der Waals surface area contributed by atoms with Crippen molar-refractivity contribution in [2.75, 3.05) is 24.5 Å². The quantitative estimate of drug-likeness (QED) is 0.552. The number of piperidine rings is 1. The Balaban J connectivity index is 1.58. The molecular formula is C24H27Cl2N5O. The third-order valence-corrected chi connectivity index (χ3v) is 7.16. The van der Waals surface area contributed by atoms with Gasteiger partial charge in [-0.2, -0.15) is 0 Å². The molecule has 0 bridgehead atoms. The Morgan fingerprint density at radius 1 is 1.12 bits per heavy atom. The normalized spacial score (nSPS) is 15.7. The molecule has 8 heteroatoms. The number of halogens is 2. The lowest BCUT2D eigenvalue weighted by atomic mass is 9.74. The number of aromatic nitrogens is 3. The SMILES string of the molecule is Cc1nc(N2CCC(CN)(Cc3cccnc3)CC2)c(CO)nc1-c1cccc(Cl)c1Cl. The van der Waals surface area contributed by atoms with Crippen molar-refractivity contribution in [1.82, 2.24) is 15.0 Å². The monoisotopic (exact) mass is 471 g/mol. The van der Waals surface area contributed by atoms with Gasteiger partial charge in [-0.1, -0.05) is 41.4 Å². The van der Waals surface area contributed by atoms with Crippen molar-refractivity contribution in [2.45, 2.75) is 32.8 Å². The molecule has 4 rings (SSSR count). The van der Waals surface area contributed by atoms with Gasteiger partial charge in [-0.05, 0) is 55.8 Å². The van der Waals surface area contributed by atoms with E-state index in [1.807, 2.05) is 31.3 Å². The average Bonchev–Trinajstić information content (AvgIpc) is 2.82. The van der Waals surface area contributed by atoms with Gasteiger partial charge in [-0.25, -0.2) is 9.97 Å². The summed E-state index contributed by atoms with van der Waals surface area (Å²) in [6, 6.07) is 9.50. The largest absolute Gasteiger partial charge is 0.390 e. The minimum absolute atomic E-state index is 0.0373. The smallest absolute Gasteiger partial charge is 0.153 e. The lowest BCUT2D eigenvalue weighted by Gasteiger charge is -2.42. The zero-order valence-electron chi connectivity index (χ0n) is 18.1. The van der Waals surface area contributed by atoms with Crippen LogP contribution in [0.1, 0.15) is 29.8 Å². The predicted octanol–water partition coefficient (Wildman–Crippen LogP) is 4.43. The van der Waals surface area contributed by atoms with Crippen LogP contribution in [0, 0.1) is 12.3 Å². The molecule has 0 saturated carbocycles. The van der Waals surface area contributed by atoms with Crippen LogP contribution in [-0.2, 0) is 13.0 Å². The molecule has 0 amide bonds. The maximum Gasteiger partial charge on any atom is 0.153 e. The van der Waals surface area contributed by atoms with Gasteiger partial charge in [-0.3, -0.25) is 4.98 Å². The highest BCUT2D eigenvalue weighted by Gasteiger charge is 2.35. The number of nitrogens with zero attached hydrogens (tertiary/aromatic N) is 4. The van der Waals surface area contributed by atoms with E-state index in [9.17, 15) is 5.11 Å². The maximum atomic E-state index is 10.1. The number of aliphatic hydroxyl groups excluding tert-OH is 1. The molecule has 3 N–H and O–H groups in total. The molecule has 2 aromatic heterocycles. The number of benzene rings is 1. The van der Waals surface area contributed by atoms with Crippen molar-refractivity contribution in [1.29, 1.82) is 0 Å². The summed E-state index contributed by atoms with van der Waals surface area (Å²) in [4.78, 5) is 16.0. The van der Waals surface area contributed by atoms with E-state index in [2.05, 4.69) is 16.0 Å². The van der Waals surface area contributed by atoms with Crippen LogP contribution in [0.5, 0.6) is 0 Å². The van der Waals surface area contributed by atoms with Crippen molar-refractivity contribution in [3.63, 3.8) is 0 Å². The fourth-order valence-electron chi connectivity index (χ4n) is 4.42. The van der Waals surface area contributed by atoms with Gasteiger partial charge >= 0.3 is 0 Å². The summed E-state index contributed by atoms with van der Waals surface area (Å²) in [7, 11) is 0. The van der Waals surface area contributed by atoms with E-state index in [1.54, 1.807) is 12.3 Å². The van der Waals surface area contributed by atoms with E-state index in [0.29, 0.717) is 33.5 Å². The molecule has 0 unspecified atom stereocenters. The second-order valence-electron chi connectivity index (χ2n) is 8.42. The molecule has 1 saturated heterocycles. The van der Waals surface area contributed by atoms with Gasteiger partial charge in [0.15, 0.2) is 5.82 Å². The Labute approximate surface area is 198 Å². The maximum absolute atomic E-state index is 10.1. The van der Waals surface area contributed by atoms with Gasteiger partial charge in [-0.15, -0.1) is 0 Å². The first-order chi connectivity index (χ1) is 15.5. The Morgan fingerprint density at radius 2 is 1.91 bits per heavy atom. The minimum Gasteiger partial charge on any atom is -0.390 e. The number of hydrogen-bond donors (Lipinski definition) is 2. The Kier molecular flexibility index (Phi) is 6.96. The van der Waals surface area contributed by atoms with Crippen LogP contribution in [0.15, 0.2) is 42.7 Å². The number of aliphatic hydroxyl groups is 1. The number of anilines is 1. The zero-order valence-corrected chi connectivity index (χ0v) is 19.6. The minimum atomic E-state index is -0.206. The van der Waals surface area contributed by atoms with Crippen molar-refractivity contribution < 1.29 is 5.11 Å². The van der Waals surface area contributed by atoms with Crippen molar-refractivity contribution in [2.24, 2.45) is 11.1 Å². The third kappa shape index (κ3) is 4.59. The number of nitrogens with two attached hydrogens (primary N) is 1. The molecular weight excluding hydrogens is 445 g/mol. The van der Waals surface area contributed by atoms with Crippen LogP contribution < -0.4 is 10.6 Å². The van der Waals surface area contributed by atoms with Gasteiger partial charge in [0, 0.05) is 31.0 Å². The number of rotatable bonds is 6. The summed E-state index contributed by atoms with van der Waals surface area (Å²) < 4.78 is 0. The number of aryl methyl sites for hydroxylation is 1. The van der Waals surface area contributed by atoms with E-state index >= 15 is 0 Å². The van der Waals surface area contributed by atoms with Crippen LogP contribution in [0.4, 0.5) is 5.82 Å². The first kappa shape index (κ1) is 22.9. The first-order valence-corrected chi connectivity index (χ1v) is 11.5.